The summed E-state index contributed by atoms with van der Waals surface area (Å²) in [6.07, 6.45) is 4.21. The summed E-state index contributed by atoms with van der Waals surface area (Å²) in [4.78, 5) is 17.1. The molecule has 0 fully saturated rings. The Bertz CT molecular complexity index is 697. The first-order valence-electron chi connectivity index (χ1n) is 5.98. The van der Waals surface area contributed by atoms with Crippen molar-refractivity contribution in [3.8, 4) is 0 Å². The molecule has 0 bridgehead atoms. The van der Waals surface area contributed by atoms with Crippen LogP contribution in [0.3, 0.4) is 0 Å². The van der Waals surface area contributed by atoms with Gasteiger partial charge in [0.2, 0.25) is 0 Å². The van der Waals surface area contributed by atoms with Gasteiger partial charge in [-0.2, -0.15) is 0 Å². The Hall–Kier alpha value is -2.08. The Kier molecular flexibility index (Phi) is 3.08. The fourth-order valence-electron chi connectivity index (χ4n) is 1.86. The van der Waals surface area contributed by atoms with Crippen molar-refractivity contribution in [2.24, 2.45) is 0 Å². The van der Waals surface area contributed by atoms with Crippen LogP contribution in [0.4, 0.5) is 0 Å². The first-order chi connectivity index (χ1) is 9.24. The Labute approximate surface area is 113 Å². The average Bonchev–Trinajstić information content (AvgIpc) is 3.09. The SMILES string of the molecule is Cc1csc2nc(CCNC(=O)c3ccco3)cn12. The summed E-state index contributed by atoms with van der Waals surface area (Å²) in [5.74, 6) is 0.142. The summed E-state index contributed by atoms with van der Waals surface area (Å²) >= 11 is 1.62. The van der Waals surface area contributed by atoms with E-state index in [2.05, 4.69) is 20.1 Å². The van der Waals surface area contributed by atoms with Gasteiger partial charge in [-0.05, 0) is 19.1 Å². The van der Waals surface area contributed by atoms with Crippen LogP contribution >= 0.6 is 11.3 Å². The highest BCUT2D eigenvalue weighted by Crippen LogP contribution is 2.15. The van der Waals surface area contributed by atoms with Crippen molar-refractivity contribution >= 4 is 22.2 Å². The lowest BCUT2D eigenvalue weighted by Gasteiger charge is -2.00. The van der Waals surface area contributed by atoms with Gasteiger partial charge in [0.05, 0.1) is 12.0 Å². The Balaban J connectivity index is 1.59. The van der Waals surface area contributed by atoms with E-state index in [1.54, 1.807) is 23.5 Å². The number of thiazole rings is 1. The van der Waals surface area contributed by atoms with E-state index >= 15 is 0 Å². The van der Waals surface area contributed by atoms with E-state index in [0.717, 1.165) is 10.7 Å². The van der Waals surface area contributed by atoms with E-state index in [-0.39, 0.29) is 5.91 Å². The number of furan rings is 1. The molecule has 0 atom stereocenters. The molecule has 0 radical (unpaired) electrons. The summed E-state index contributed by atoms with van der Waals surface area (Å²) in [5.41, 5.74) is 2.16. The maximum Gasteiger partial charge on any atom is 0.286 e. The molecule has 3 aromatic rings. The van der Waals surface area contributed by atoms with Gasteiger partial charge < -0.3 is 9.73 Å². The van der Waals surface area contributed by atoms with Crippen molar-refractivity contribution < 1.29 is 9.21 Å². The zero-order valence-corrected chi connectivity index (χ0v) is 11.2. The summed E-state index contributed by atoms with van der Waals surface area (Å²) in [6, 6.07) is 3.34. The standard InChI is InChI=1S/C13H13N3O2S/c1-9-8-19-13-15-10(7-16(9)13)4-5-14-12(17)11-3-2-6-18-11/h2-3,6-8H,4-5H2,1H3,(H,14,17). The number of fused-ring (bicyclic) bond motifs is 1. The molecule has 0 aliphatic heterocycles. The topological polar surface area (TPSA) is 59.5 Å². The van der Waals surface area contributed by atoms with E-state index in [9.17, 15) is 4.79 Å². The van der Waals surface area contributed by atoms with Crippen LogP contribution in [0.15, 0.2) is 34.4 Å². The number of hydrogen-bond acceptors (Lipinski definition) is 4. The number of carbonyl (C=O) groups is 1. The minimum atomic E-state index is -0.192. The monoisotopic (exact) mass is 275 g/mol. The Morgan fingerprint density at radius 2 is 2.47 bits per heavy atom. The third-order valence-electron chi connectivity index (χ3n) is 2.85. The molecule has 0 unspecified atom stereocenters. The first-order valence-corrected chi connectivity index (χ1v) is 6.86. The number of rotatable bonds is 4. The van der Waals surface area contributed by atoms with Crippen LogP contribution in [-0.2, 0) is 6.42 Å². The molecular weight excluding hydrogens is 262 g/mol. The summed E-state index contributed by atoms with van der Waals surface area (Å²) in [5, 5.41) is 4.88. The quantitative estimate of drug-likeness (QED) is 0.794. The van der Waals surface area contributed by atoms with Gasteiger partial charge in [0.1, 0.15) is 0 Å². The van der Waals surface area contributed by atoms with Gasteiger partial charge in [-0.15, -0.1) is 11.3 Å². The molecule has 3 rings (SSSR count). The molecule has 98 valence electrons. The van der Waals surface area contributed by atoms with E-state index in [0.29, 0.717) is 18.7 Å². The Morgan fingerprint density at radius 1 is 1.58 bits per heavy atom. The lowest BCUT2D eigenvalue weighted by Crippen LogP contribution is -2.25. The summed E-state index contributed by atoms with van der Waals surface area (Å²) < 4.78 is 7.08. The molecule has 0 aromatic carbocycles. The molecule has 5 nitrogen and oxygen atoms in total. The minimum Gasteiger partial charge on any atom is -0.459 e. The number of amides is 1. The third-order valence-corrected chi connectivity index (χ3v) is 3.81. The predicted octanol–water partition coefficient (Wildman–Crippen LogP) is 2.27. The van der Waals surface area contributed by atoms with Crippen molar-refractivity contribution in [2.45, 2.75) is 13.3 Å². The molecule has 3 aromatic heterocycles. The zero-order chi connectivity index (χ0) is 13.2. The van der Waals surface area contributed by atoms with Crippen molar-refractivity contribution in [3.05, 3.63) is 47.1 Å². The van der Waals surface area contributed by atoms with Crippen LogP contribution in [0.2, 0.25) is 0 Å². The van der Waals surface area contributed by atoms with Crippen LogP contribution < -0.4 is 5.32 Å². The molecule has 1 amide bonds. The van der Waals surface area contributed by atoms with Gasteiger partial charge in [-0.1, -0.05) is 0 Å². The number of nitrogens with one attached hydrogen (secondary N) is 1. The predicted molar refractivity (Wildman–Crippen MR) is 72.6 cm³/mol. The van der Waals surface area contributed by atoms with Crippen LogP contribution in [-0.4, -0.2) is 21.8 Å². The van der Waals surface area contributed by atoms with Crippen molar-refractivity contribution in [1.29, 1.82) is 0 Å². The van der Waals surface area contributed by atoms with Crippen molar-refractivity contribution in [2.75, 3.05) is 6.54 Å². The van der Waals surface area contributed by atoms with E-state index in [1.165, 1.54) is 12.0 Å². The first kappa shape index (κ1) is 12.0. The number of aryl methyl sites for hydroxylation is 1. The van der Waals surface area contributed by atoms with Crippen LogP contribution in [0, 0.1) is 6.92 Å². The van der Waals surface area contributed by atoms with Gasteiger partial charge in [0.15, 0.2) is 10.7 Å². The van der Waals surface area contributed by atoms with Gasteiger partial charge >= 0.3 is 0 Å². The van der Waals surface area contributed by atoms with Crippen LogP contribution in [0.1, 0.15) is 21.9 Å². The van der Waals surface area contributed by atoms with Crippen LogP contribution in [0.25, 0.3) is 4.96 Å². The molecule has 0 saturated heterocycles. The van der Waals surface area contributed by atoms with E-state index < -0.39 is 0 Å². The van der Waals surface area contributed by atoms with Gasteiger partial charge in [0, 0.05) is 30.2 Å². The maximum atomic E-state index is 11.6. The van der Waals surface area contributed by atoms with Crippen LogP contribution in [0.5, 0.6) is 0 Å². The molecular formula is C13H13N3O2S. The Morgan fingerprint density at radius 3 is 3.21 bits per heavy atom. The second-order valence-corrected chi connectivity index (χ2v) is 5.08. The van der Waals surface area contributed by atoms with Crippen molar-refractivity contribution in [1.82, 2.24) is 14.7 Å². The summed E-state index contributed by atoms with van der Waals surface area (Å²) in [6.45, 7) is 2.59. The molecule has 0 spiro atoms. The zero-order valence-electron chi connectivity index (χ0n) is 10.4. The largest absolute Gasteiger partial charge is 0.459 e. The van der Waals surface area contributed by atoms with E-state index in [1.807, 2.05) is 13.1 Å². The average molecular weight is 275 g/mol. The third kappa shape index (κ3) is 2.39. The highest BCUT2D eigenvalue weighted by atomic mass is 32.1. The van der Waals surface area contributed by atoms with Gasteiger partial charge in [-0.3, -0.25) is 9.20 Å². The number of carbonyl (C=O) groups excluding carboxylic acids is 1. The van der Waals surface area contributed by atoms with Gasteiger partial charge in [0.25, 0.3) is 5.91 Å². The number of hydrogen-bond donors (Lipinski definition) is 1. The fraction of sp³-hybridized carbons (Fsp3) is 0.231. The highest BCUT2D eigenvalue weighted by molar-refractivity contribution is 7.15. The fourth-order valence-corrected chi connectivity index (χ4v) is 2.73. The lowest BCUT2D eigenvalue weighted by atomic mass is 10.3. The second-order valence-electron chi connectivity index (χ2n) is 4.25. The number of imidazole rings is 1. The molecule has 0 aliphatic carbocycles. The smallest absolute Gasteiger partial charge is 0.286 e. The molecule has 0 saturated carbocycles. The summed E-state index contributed by atoms with van der Waals surface area (Å²) in [7, 11) is 0. The normalized spacial score (nSPS) is 11.0. The van der Waals surface area contributed by atoms with E-state index in [4.69, 9.17) is 4.42 Å². The molecule has 19 heavy (non-hydrogen) atoms. The number of aromatic nitrogens is 2. The lowest BCUT2D eigenvalue weighted by molar-refractivity contribution is 0.0926. The molecule has 0 aliphatic rings. The molecule has 1 N–H and O–H groups in total. The van der Waals surface area contributed by atoms with Crippen molar-refractivity contribution in [3.63, 3.8) is 0 Å². The molecule has 6 heteroatoms. The minimum absolute atomic E-state index is 0.192. The molecule has 3 heterocycles. The van der Waals surface area contributed by atoms with Gasteiger partial charge in [-0.25, -0.2) is 4.98 Å². The number of nitrogens with zero attached hydrogens (tertiary/aromatic N) is 2. The second kappa shape index (κ2) is 4.89. The highest BCUT2D eigenvalue weighted by Gasteiger charge is 2.09. The maximum absolute atomic E-state index is 11.6.